The van der Waals surface area contributed by atoms with Gasteiger partial charge >= 0.3 is 0 Å². The summed E-state index contributed by atoms with van der Waals surface area (Å²) >= 11 is 0. The van der Waals surface area contributed by atoms with Gasteiger partial charge in [0.2, 0.25) is 5.95 Å². The maximum Gasteiger partial charge on any atom is 0.221 e. The standard InChI is InChI=1S/C27H26N4O2/c1-32-24-16-19(15-23-17-30-27(29)31-26(23)28)14-22(25(24)33-2)13-10-18-8-11-21(12-9-18)20-6-4-3-5-7-20/h3-14,16-17H,15H2,1-2H3,(H4,28,29,30,31)/b13-10+. The second kappa shape index (κ2) is 9.87. The molecule has 0 saturated heterocycles. The normalized spacial score (nSPS) is 11.0. The maximum atomic E-state index is 6.02. The second-order valence-corrected chi connectivity index (χ2v) is 7.56. The van der Waals surface area contributed by atoms with Crippen molar-refractivity contribution in [2.24, 2.45) is 0 Å². The molecule has 4 N–H and O–H groups in total. The molecule has 0 unspecified atom stereocenters. The smallest absolute Gasteiger partial charge is 0.221 e. The molecular weight excluding hydrogens is 412 g/mol. The van der Waals surface area contributed by atoms with E-state index in [2.05, 4.69) is 52.4 Å². The summed E-state index contributed by atoms with van der Waals surface area (Å²) in [6, 6.07) is 22.7. The molecule has 0 bridgehead atoms. The van der Waals surface area contributed by atoms with Crippen LogP contribution in [0.2, 0.25) is 0 Å². The molecule has 0 saturated carbocycles. The summed E-state index contributed by atoms with van der Waals surface area (Å²) in [7, 11) is 3.26. The molecule has 33 heavy (non-hydrogen) atoms. The van der Waals surface area contributed by atoms with E-state index in [1.807, 2.05) is 36.4 Å². The van der Waals surface area contributed by atoms with Crippen LogP contribution in [-0.4, -0.2) is 24.2 Å². The van der Waals surface area contributed by atoms with Gasteiger partial charge in [-0.05, 0) is 34.4 Å². The highest BCUT2D eigenvalue weighted by Crippen LogP contribution is 2.35. The highest BCUT2D eigenvalue weighted by Gasteiger charge is 2.13. The van der Waals surface area contributed by atoms with Gasteiger partial charge < -0.3 is 20.9 Å². The van der Waals surface area contributed by atoms with Crippen molar-refractivity contribution in [3.05, 3.63) is 95.2 Å². The van der Waals surface area contributed by atoms with Gasteiger partial charge in [0, 0.05) is 23.7 Å². The Morgan fingerprint density at radius 1 is 0.848 bits per heavy atom. The minimum Gasteiger partial charge on any atom is -0.493 e. The lowest BCUT2D eigenvalue weighted by Gasteiger charge is -2.14. The molecule has 6 heteroatoms. The van der Waals surface area contributed by atoms with Crippen LogP contribution in [0.4, 0.5) is 11.8 Å². The largest absolute Gasteiger partial charge is 0.493 e. The van der Waals surface area contributed by atoms with Gasteiger partial charge in [0.25, 0.3) is 0 Å². The molecule has 0 spiro atoms. The average Bonchev–Trinajstić information content (AvgIpc) is 2.85. The Morgan fingerprint density at radius 3 is 2.24 bits per heavy atom. The van der Waals surface area contributed by atoms with Crippen molar-refractivity contribution < 1.29 is 9.47 Å². The predicted molar refractivity (Wildman–Crippen MR) is 134 cm³/mol. The molecule has 0 atom stereocenters. The van der Waals surface area contributed by atoms with Crippen molar-refractivity contribution in [1.29, 1.82) is 0 Å². The molecule has 0 radical (unpaired) electrons. The number of hydrogen-bond acceptors (Lipinski definition) is 6. The van der Waals surface area contributed by atoms with E-state index in [0.29, 0.717) is 23.7 Å². The summed E-state index contributed by atoms with van der Waals surface area (Å²) in [5.74, 6) is 1.84. The monoisotopic (exact) mass is 438 g/mol. The molecule has 4 aromatic rings. The van der Waals surface area contributed by atoms with E-state index in [0.717, 1.165) is 22.3 Å². The van der Waals surface area contributed by atoms with Gasteiger partial charge in [-0.25, -0.2) is 4.98 Å². The number of hydrogen-bond donors (Lipinski definition) is 2. The van der Waals surface area contributed by atoms with Crippen molar-refractivity contribution in [2.45, 2.75) is 6.42 Å². The molecule has 4 rings (SSSR count). The fraction of sp³-hybridized carbons (Fsp3) is 0.111. The maximum absolute atomic E-state index is 6.02. The van der Waals surface area contributed by atoms with Crippen molar-refractivity contribution >= 4 is 23.9 Å². The Kier molecular flexibility index (Phi) is 6.55. The molecule has 0 aliphatic carbocycles. The number of rotatable bonds is 7. The predicted octanol–water partition coefficient (Wildman–Crippen LogP) is 5.09. The number of nitrogen functional groups attached to an aromatic ring is 2. The number of benzene rings is 3. The number of aromatic nitrogens is 2. The van der Waals surface area contributed by atoms with Crippen LogP contribution in [0.15, 0.2) is 72.9 Å². The zero-order valence-electron chi connectivity index (χ0n) is 18.7. The summed E-state index contributed by atoms with van der Waals surface area (Å²) in [5, 5.41) is 0. The minimum atomic E-state index is 0.158. The van der Waals surface area contributed by atoms with E-state index in [1.54, 1.807) is 20.4 Å². The summed E-state index contributed by atoms with van der Waals surface area (Å²) in [5.41, 5.74) is 17.8. The molecule has 166 valence electrons. The van der Waals surface area contributed by atoms with E-state index in [-0.39, 0.29) is 5.95 Å². The van der Waals surface area contributed by atoms with E-state index in [1.165, 1.54) is 11.1 Å². The summed E-state index contributed by atoms with van der Waals surface area (Å²) in [6.07, 6.45) is 6.26. The first-order valence-corrected chi connectivity index (χ1v) is 10.5. The minimum absolute atomic E-state index is 0.158. The highest BCUT2D eigenvalue weighted by atomic mass is 16.5. The second-order valence-electron chi connectivity index (χ2n) is 7.56. The van der Waals surface area contributed by atoms with Crippen molar-refractivity contribution in [3.63, 3.8) is 0 Å². The van der Waals surface area contributed by atoms with Gasteiger partial charge in [0.1, 0.15) is 5.82 Å². The topological polar surface area (TPSA) is 96.3 Å². The first-order valence-electron chi connectivity index (χ1n) is 10.5. The van der Waals surface area contributed by atoms with Crippen LogP contribution in [0, 0.1) is 0 Å². The van der Waals surface area contributed by atoms with Crippen LogP contribution in [0.1, 0.15) is 22.3 Å². The fourth-order valence-corrected chi connectivity index (χ4v) is 3.67. The van der Waals surface area contributed by atoms with E-state index in [4.69, 9.17) is 20.9 Å². The van der Waals surface area contributed by atoms with Gasteiger partial charge in [-0.2, -0.15) is 4.98 Å². The highest BCUT2D eigenvalue weighted by molar-refractivity contribution is 5.76. The van der Waals surface area contributed by atoms with Crippen LogP contribution < -0.4 is 20.9 Å². The molecular formula is C27H26N4O2. The van der Waals surface area contributed by atoms with Crippen LogP contribution in [0.3, 0.4) is 0 Å². The van der Waals surface area contributed by atoms with Gasteiger partial charge in [0.15, 0.2) is 11.5 Å². The number of anilines is 2. The summed E-state index contributed by atoms with van der Waals surface area (Å²) in [6.45, 7) is 0. The van der Waals surface area contributed by atoms with Crippen LogP contribution in [0.5, 0.6) is 11.5 Å². The van der Waals surface area contributed by atoms with Crippen molar-refractivity contribution in [2.75, 3.05) is 25.7 Å². The third-order valence-corrected chi connectivity index (χ3v) is 5.35. The van der Waals surface area contributed by atoms with Crippen molar-refractivity contribution in [1.82, 2.24) is 9.97 Å². The molecule has 3 aromatic carbocycles. The lowest BCUT2D eigenvalue weighted by molar-refractivity contribution is 0.354. The van der Waals surface area contributed by atoms with Gasteiger partial charge in [0.05, 0.1) is 14.2 Å². The molecule has 1 aromatic heterocycles. The molecule has 0 aliphatic rings. The summed E-state index contributed by atoms with van der Waals surface area (Å²) < 4.78 is 11.2. The van der Waals surface area contributed by atoms with Crippen LogP contribution >= 0.6 is 0 Å². The Morgan fingerprint density at radius 2 is 1.58 bits per heavy atom. The lowest BCUT2D eigenvalue weighted by atomic mass is 10.0. The SMILES string of the molecule is COc1cc(Cc2cnc(N)nc2N)cc(/C=C/c2ccc(-c3ccccc3)cc2)c1OC. The number of nitrogens with zero attached hydrogens (tertiary/aromatic N) is 2. The number of methoxy groups -OCH3 is 2. The summed E-state index contributed by atoms with van der Waals surface area (Å²) in [4.78, 5) is 8.10. The fourth-order valence-electron chi connectivity index (χ4n) is 3.67. The average molecular weight is 439 g/mol. The van der Waals surface area contributed by atoms with E-state index in [9.17, 15) is 0 Å². The zero-order valence-corrected chi connectivity index (χ0v) is 18.7. The molecule has 0 aliphatic heterocycles. The molecule has 0 amide bonds. The quantitative estimate of drug-likeness (QED) is 0.390. The Balaban J connectivity index is 1.63. The third kappa shape index (κ3) is 5.13. The number of ether oxygens (including phenoxy) is 2. The van der Waals surface area contributed by atoms with Crippen molar-refractivity contribution in [3.8, 4) is 22.6 Å². The van der Waals surface area contributed by atoms with Gasteiger partial charge in [-0.15, -0.1) is 0 Å². The first kappa shape index (κ1) is 21.9. The van der Waals surface area contributed by atoms with E-state index < -0.39 is 0 Å². The Hall–Kier alpha value is -4.32. The van der Waals surface area contributed by atoms with Crippen LogP contribution in [0.25, 0.3) is 23.3 Å². The molecule has 1 heterocycles. The third-order valence-electron chi connectivity index (χ3n) is 5.35. The zero-order chi connectivity index (χ0) is 23.2. The lowest BCUT2D eigenvalue weighted by Crippen LogP contribution is -2.04. The van der Waals surface area contributed by atoms with Gasteiger partial charge in [-0.3, -0.25) is 0 Å². The van der Waals surface area contributed by atoms with E-state index >= 15 is 0 Å². The van der Waals surface area contributed by atoms with Crippen LogP contribution in [-0.2, 0) is 6.42 Å². The number of nitrogens with two attached hydrogens (primary N) is 2. The molecule has 0 fully saturated rings. The molecule has 6 nitrogen and oxygen atoms in total. The first-order chi connectivity index (χ1) is 16.1. The Labute approximate surface area is 193 Å². The van der Waals surface area contributed by atoms with Gasteiger partial charge in [-0.1, -0.05) is 66.7 Å². The Bertz CT molecular complexity index is 1270.